The molecule has 2 aliphatic carbocycles. The van der Waals surface area contributed by atoms with E-state index in [9.17, 15) is 14.3 Å². The second-order valence-corrected chi connectivity index (χ2v) is 6.20. The predicted octanol–water partition coefficient (Wildman–Crippen LogP) is 1.06. The number of amides is 1. The summed E-state index contributed by atoms with van der Waals surface area (Å²) in [4.78, 5) is 12.6. The van der Waals surface area contributed by atoms with Crippen LogP contribution in [-0.2, 0) is 4.79 Å². The molecule has 23 heavy (non-hydrogen) atoms. The third-order valence-corrected chi connectivity index (χ3v) is 4.71. The van der Waals surface area contributed by atoms with Crippen molar-refractivity contribution in [2.45, 2.75) is 24.9 Å². The van der Waals surface area contributed by atoms with E-state index in [-0.39, 0.29) is 30.4 Å². The van der Waals surface area contributed by atoms with Crippen LogP contribution >= 0.6 is 0 Å². The van der Waals surface area contributed by atoms with Crippen molar-refractivity contribution in [1.82, 2.24) is 16.2 Å². The molecular weight excluding hydrogens is 297 g/mol. The number of rotatable bonds is 5. The smallest absolute Gasteiger partial charge is 0.269 e. The van der Waals surface area contributed by atoms with Gasteiger partial charge in [-0.2, -0.15) is 0 Å². The Morgan fingerprint density at radius 2 is 2.17 bits per heavy atom. The van der Waals surface area contributed by atoms with Gasteiger partial charge in [0.1, 0.15) is 11.5 Å². The van der Waals surface area contributed by atoms with Crippen molar-refractivity contribution >= 4 is 5.91 Å². The zero-order valence-corrected chi connectivity index (χ0v) is 12.5. The zero-order valence-electron chi connectivity index (χ0n) is 12.5. The average molecular weight is 315 g/mol. The van der Waals surface area contributed by atoms with E-state index in [0.717, 1.165) is 17.6 Å². The van der Waals surface area contributed by atoms with Gasteiger partial charge in [-0.25, -0.2) is 9.82 Å². The van der Waals surface area contributed by atoms with Gasteiger partial charge in [0.05, 0.1) is 12.1 Å². The molecule has 3 aliphatic rings. The highest BCUT2D eigenvalue weighted by Gasteiger charge is 2.48. The average Bonchev–Trinajstić information content (AvgIpc) is 3.02. The first-order valence-electron chi connectivity index (χ1n) is 7.80. The molecule has 1 aliphatic heterocycles. The normalized spacial score (nSPS) is 25.4. The first-order chi connectivity index (χ1) is 11.2. The first kappa shape index (κ1) is 14.4. The fourth-order valence-corrected chi connectivity index (χ4v) is 3.39. The Hall–Kier alpha value is -2.18. The molecule has 2 unspecified atom stereocenters. The summed E-state index contributed by atoms with van der Waals surface area (Å²) in [5.41, 5.74) is 9.85. The van der Waals surface area contributed by atoms with Crippen LogP contribution in [0.3, 0.4) is 0 Å². The summed E-state index contributed by atoms with van der Waals surface area (Å²) in [6.07, 6.45) is 3.58. The number of aliphatic hydroxyl groups excluding tert-OH is 1. The van der Waals surface area contributed by atoms with Crippen molar-refractivity contribution in [3.05, 3.63) is 58.6 Å². The second kappa shape index (κ2) is 5.47. The number of hydrogen-bond acceptors (Lipinski definition) is 4. The van der Waals surface area contributed by atoms with Crippen LogP contribution in [0.15, 0.2) is 47.2 Å². The molecule has 120 valence electrons. The minimum atomic E-state index is -0.356. The molecule has 0 saturated heterocycles. The van der Waals surface area contributed by atoms with Crippen molar-refractivity contribution in [3.8, 4) is 0 Å². The van der Waals surface area contributed by atoms with Gasteiger partial charge in [0.15, 0.2) is 0 Å². The first-order valence-corrected chi connectivity index (χ1v) is 7.80. The van der Waals surface area contributed by atoms with Crippen LogP contribution in [0.25, 0.3) is 0 Å². The Bertz CT molecular complexity index is 711. The van der Waals surface area contributed by atoms with Crippen molar-refractivity contribution in [2.75, 3.05) is 6.61 Å². The van der Waals surface area contributed by atoms with Crippen LogP contribution in [0.1, 0.15) is 24.4 Å². The largest absolute Gasteiger partial charge is 0.396 e. The molecule has 1 fully saturated rings. The van der Waals surface area contributed by atoms with Crippen LogP contribution in [0.4, 0.5) is 4.39 Å². The number of nitrogens with one attached hydrogen (secondary N) is 3. The predicted molar refractivity (Wildman–Crippen MR) is 82.3 cm³/mol. The third-order valence-electron chi connectivity index (χ3n) is 4.71. The Balaban J connectivity index is 1.53. The van der Waals surface area contributed by atoms with Crippen LogP contribution in [-0.4, -0.2) is 23.7 Å². The molecule has 1 amide bonds. The van der Waals surface area contributed by atoms with E-state index < -0.39 is 0 Å². The fourth-order valence-electron chi connectivity index (χ4n) is 3.39. The fraction of sp³-hybridized carbons (Fsp3) is 0.353. The molecular formula is C17H18FN3O2. The molecule has 0 aromatic heterocycles. The Morgan fingerprint density at radius 1 is 1.39 bits per heavy atom. The highest BCUT2D eigenvalue weighted by molar-refractivity contribution is 5.95. The molecule has 1 heterocycles. The van der Waals surface area contributed by atoms with Crippen molar-refractivity contribution < 1.29 is 14.3 Å². The summed E-state index contributed by atoms with van der Waals surface area (Å²) >= 11 is 0. The number of fused-ring (bicyclic) bond motifs is 3. The third kappa shape index (κ3) is 2.54. The van der Waals surface area contributed by atoms with Gasteiger partial charge in [-0.3, -0.25) is 4.79 Å². The quantitative estimate of drug-likeness (QED) is 0.655. The summed E-state index contributed by atoms with van der Waals surface area (Å²) in [6.45, 7) is -0.0609. The number of halogens is 1. The molecule has 1 saturated carbocycles. The lowest BCUT2D eigenvalue weighted by Gasteiger charge is -2.19. The Labute approximate surface area is 133 Å². The number of aliphatic hydroxyl groups is 1. The topological polar surface area (TPSA) is 73.4 Å². The highest BCUT2D eigenvalue weighted by atomic mass is 19.1. The molecule has 1 aromatic rings. The summed E-state index contributed by atoms with van der Waals surface area (Å²) in [7, 11) is 0. The number of carbonyl (C=O) groups is 1. The standard InChI is InChI=1S/C17H18FN3O2/c18-11-3-1-9(2-4-11)14(5-6-22)19-17(23)16-13-8-10-7-12(10)15(13)20-21-16/h1-4,8,12,14-15,20-22H,5-7H2,(H,19,23)/t12?,14-,15?/m1/s1. The van der Waals surface area contributed by atoms with Crippen LogP contribution in [0.2, 0.25) is 0 Å². The molecule has 3 atom stereocenters. The monoisotopic (exact) mass is 315 g/mol. The summed E-state index contributed by atoms with van der Waals surface area (Å²) < 4.78 is 13.1. The van der Waals surface area contributed by atoms with Gasteiger partial charge in [-0.1, -0.05) is 23.8 Å². The van der Waals surface area contributed by atoms with Gasteiger partial charge >= 0.3 is 0 Å². The van der Waals surface area contributed by atoms with Gasteiger partial charge < -0.3 is 15.8 Å². The van der Waals surface area contributed by atoms with Gasteiger partial charge in [0, 0.05) is 18.1 Å². The highest BCUT2D eigenvalue weighted by Crippen LogP contribution is 2.50. The second-order valence-electron chi connectivity index (χ2n) is 6.20. The van der Waals surface area contributed by atoms with Gasteiger partial charge in [0.2, 0.25) is 0 Å². The summed E-state index contributed by atoms with van der Waals surface area (Å²) in [6, 6.07) is 5.81. The lowest BCUT2D eigenvalue weighted by molar-refractivity contribution is -0.118. The van der Waals surface area contributed by atoms with E-state index >= 15 is 0 Å². The molecule has 5 nitrogen and oxygen atoms in total. The van der Waals surface area contributed by atoms with Crippen molar-refractivity contribution in [1.29, 1.82) is 0 Å². The molecule has 1 aromatic carbocycles. The van der Waals surface area contributed by atoms with Crippen LogP contribution in [0.5, 0.6) is 0 Å². The van der Waals surface area contributed by atoms with Gasteiger partial charge in [-0.15, -0.1) is 0 Å². The maximum absolute atomic E-state index is 13.1. The summed E-state index contributed by atoms with van der Waals surface area (Å²) in [5, 5.41) is 12.2. The number of carbonyl (C=O) groups excluding carboxylic acids is 1. The van der Waals surface area contributed by atoms with E-state index in [4.69, 9.17) is 0 Å². The minimum absolute atomic E-state index is 0.0609. The minimum Gasteiger partial charge on any atom is -0.396 e. The maximum Gasteiger partial charge on any atom is 0.269 e. The van der Waals surface area contributed by atoms with E-state index in [2.05, 4.69) is 22.2 Å². The van der Waals surface area contributed by atoms with Gasteiger partial charge in [-0.05, 0) is 30.5 Å². The molecule has 4 N–H and O–H groups in total. The molecule has 0 spiro atoms. The van der Waals surface area contributed by atoms with E-state index in [1.807, 2.05) is 0 Å². The number of benzene rings is 1. The number of hydrazine groups is 1. The van der Waals surface area contributed by atoms with Gasteiger partial charge in [0.25, 0.3) is 5.91 Å². The lowest BCUT2D eigenvalue weighted by atomic mass is 10.0. The van der Waals surface area contributed by atoms with Crippen molar-refractivity contribution in [3.63, 3.8) is 0 Å². The molecule has 6 heteroatoms. The Morgan fingerprint density at radius 3 is 2.91 bits per heavy atom. The molecule has 0 bridgehead atoms. The maximum atomic E-state index is 13.1. The van der Waals surface area contributed by atoms with Crippen LogP contribution < -0.4 is 16.2 Å². The summed E-state index contributed by atoms with van der Waals surface area (Å²) in [5.74, 6) is -0.00174. The van der Waals surface area contributed by atoms with E-state index in [1.165, 1.54) is 17.7 Å². The van der Waals surface area contributed by atoms with Crippen molar-refractivity contribution in [2.24, 2.45) is 5.92 Å². The van der Waals surface area contributed by atoms with Crippen LogP contribution in [0, 0.1) is 11.7 Å². The molecule has 0 radical (unpaired) electrons. The lowest BCUT2D eigenvalue weighted by Crippen LogP contribution is -2.38. The zero-order chi connectivity index (χ0) is 16.0. The SMILES string of the molecule is O=C(N[C@H](CCO)c1ccc(F)cc1)C1=C2C=C3CC3C2NN1. The number of hydrogen-bond donors (Lipinski definition) is 4. The Kier molecular flexibility index (Phi) is 3.43. The van der Waals surface area contributed by atoms with E-state index in [1.54, 1.807) is 12.1 Å². The molecule has 4 rings (SSSR count). The van der Waals surface area contributed by atoms with E-state index in [0.29, 0.717) is 18.0 Å².